The molecule has 0 aromatic heterocycles. The van der Waals surface area contributed by atoms with E-state index < -0.39 is 10.0 Å². The van der Waals surface area contributed by atoms with E-state index in [1.54, 1.807) is 12.1 Å². The number of nitrogens with zero attached hydrogens (tertiary/aromatic N) is 1. The molecule has 0 saturated heterocycles. The van der Waals surface area contributed by atoms with Crippen molar-refractivity contribution in [3.8, 4) is 0 Å². The molecule has 6 heteroatoms. The number of sulfonamides is 1. The zero-order chi connectivity index (χ0) is 14.8. The zero-order valence-corrected chi connectivity index (χ0v) is 12.6. The van der Waals surface area contributed by atoms with Crippen molar-refractivity contribution in [3.63, 3.8) is 0 Å². The van der Waals surface area contributed by atoms with Crippen LogP contribution in [0, 0.1) is 5.92 Å². The fraction of sp³-hybridized carbons (Fsp3) is 0.500. The number of hydrogen-bond acceptors (Lipinski definition) is 3. The van der Waals surface area contributed by atoms with E-state index in [4.69, 9.17) is 0 Å². The molecule has 0 spiro atoms. The maximum Gasteiger partial charge on any atom is 0.242 e. The number of rotatable bonds is 4. The summed E-state index contributed by atoms with van der Waals surface area (Å²) < 4.78 is 25.2. The van der Waals surface area contributed by atoms with Gasteiger partial charge in [0.2, 0.25) is 15.9 Å². The Balaban J connectivity index is 2.16. The van der Waals surface area contributed by atoms with Crippen LogP contribution in [-0.4, -0.2) is 32.7 Å². The van der Waals surface area contributed by atoms with Crippen molar-refractivity contribution in [1.82, 2.24) is 4.31 Å². The van der Waals surface area contributed by atoms with Gasteiger partial charge in [-0.15, -0.1) is 0 Å². The van der Waals surface area contributed by atoms with Crippen LogP contribution in [0.4, 0.5) is 5.69 Å². The second kappa shape index (κ2) is 5.93. The lowest BCUT2D eigenvalue weighted by Gasteiger charge is -2.14. The summed E-state index contributed by atoms with van der Waals surface area (Å²) in [6, 6.07) is 6.38. The molecule has 2 rings (SSSR count). The second-order valence-electron chi connectivity index (χ2n) is 5.29. The first-order valence-electron chi connectivity index (χ1n) is 6.75. The lowest BCUT2D eigenvalue weighted by molar-refractivity contribution is -0.119. The van der Waals surface area contributed by atoms with Gasteiger partial charge in [0.15, 0.2) is 0 Å². The van der Waals surface area contributed by atoms with Gasteiger partial charge < -0.3 is 5.32 Å². The molecule has 0 atom stereocenters. The van der Waals surface area contributed by atoms with Gasteiger partial charge in [0.05, 0.1) is 4.90 Å². The van der Waals surface area contributed by atoms with E-state index in [-0.39, 0.29) is 16.7 Å². The summed E-state index contributed by atoms with van der Waals surface area (Å²) in [6.07, 6.45) is 4.02. The molecule has 20 heavy (non-hydrogen) atoms. The van der Waals surface area contributed by atoms with Crippen LogP contribution < -0.4 is 5.32 Å². The standard InChI is InChI=1S/C14H20N2O3S/c1-16(2)20(18,19)13-9-5-8-12(10-13)15-14(17)11-6-3-4-7-11/h5,8-11H,3-4,6-7H2,1-2H3,(H,15,17). The average molecular weight is 296 g/mol. The molecule has 1 amide bonds. The Kier molecular flexibility index (Phi) is 4.45. The van der Waals surface area contributed by atoms with Crippen LogP contribution in [0.3, 0.4) is 0 Å². The zero-order valence-electron chi connectivity index (χ0n) is 11.8. The topological polar surface area (TPSA) is 66.5 Å². The third-order valence-corrected chi connectivity index (χ3v) is 5.42. The predicted molar refractivity (Wildman–Crippen MR) is 77.9 cm³/mol. The van der Waals surface area contributed by atoms with Gasteiger partial charge in [0, 0.05) is 25.7 Å². The number of nitrogens with one attached hydrogen (secondary N) is 1. The maximum absolute atomic E-state index is 12.0. The minimum Gasteiger partial charge on any atom is -0.326 e. The van der Waals surface area contributed by atoms with Crippen molar-refractivity contribution in [2.75, 3.05) is 19.4 Å². The van der Waals surface area contributed by atoms with Gasteiger partial charge in [-0.05, 0) is 31.0 Å². The van der Waals surface area contributed by atoms with Crippen LogP contribution in [0.5, 0.6) is 0 Å². The maximum atomic E-state index is 12.0. The number of benzene rings is 1. The third-order valence-electron chi connectivity index (χ3n) is 3.61. The third kappa shape index (κ3) is 3.19. The molecule has 1 saturated carbocycles. The molecule has 1 aliphatic rings. The molecule has 1 aromatic rings. The summed E-state index contributed by atoms with van der Waals surface area (Å²) in [5.74, 6) is 0.0472. The van der Waals surface area contributed by atoms with Gasteiger partial charge in [-0.1, -0.05) is 18.9 Å². The first-order chi connectivity index (χ1) is 9.41. The molecule has 0 bridgehead atoms. The molecular weight excluding hydrogens is 276 g/mol. The van der Waals surface area contributed by atoms with Crippen molar-refractivity contribution < 1.29 is 13.2 Å². The lowest BCUT2D eigenvalue weighted by atomic mass is 10.1. The Hall–Kier alpha value is -1.40. The number of hydrogen-bond donors (Lipinski definition) is 1. The van der Waals surface area contributed by atoms with Crippen molar-refractivity contribution in [2.45, 2.75) is 30.6 Å². The summed E-state index contributed by atoms with van der Waals surface area (Å²) in [5, 5.41) is 2.81. The van der Waals surface area contributed by atoms with E-state index in [0.717, 1.165) is 30.0 Å². The summed E-state index contributed by atoms with van der Waals surface area (Å²) in [5.41, 5.74) is 0.532. The summed E-state index contributed by atoms with van der Waals surface area (Å²) >= 11 is 0. The highest BCUT2D eigenvalue weighted by atomic mass is 32.2. The Morgan fingerprint density at radius 3 is 2.50 bits per heavy atom. The van der Waals surface area contributed by atoms with Crippen molar-refractivity contribution >= 4 is 21.6 Å². The summed E-state index contributed by atoms with van der Waals surface area (Å²) in [4.78, 5) is 12.2. The van der Waals surface area contributed by atoms with E-state index in [0.29, 0.717) is 5.69 Å². The molecule has 1 N–H and O–H groups in total. The average Bonchev–Trinajstić information content (AvgIpc) is 2.92. The molecule has 5 nitrogen and oxygen atoms in total. The normalized spacial score (nSPS) is 16.6. The van der Waals surface area contributed by atoms with Crippen molar-refractivity contribution in [3.05, 3.63) is 24.3 Å². The first kappa shape index (κ1) is 15.0. The molecule has 1 fully saturated rings. The molecule has 0 radical (unpaired) electrons. The van der Waals surface area contributed by atoms with Crippen LogP contribution in [0.1, 0.15) is 25.7 Å². The smallest absolute Gasteiger partial charge is 0.242 e. The van der Waals surface area contributed by atoms with Crippen molar-refractivity contribution in [1.29, 1.82) is 0 Å². The van der Waals surface area contributed by atoms with Gasteiger partial charge in [-0.3, -0.25) is 4.79 Å². The van der Waals surface area contributed by atoms with Gasteiger partial charge in [-0.2, -0.15) is 0 Å². The van der Waals surface area contributed by atoms with Gasteiger partial charge >= 0.3 is 0 Å². The highest BCUT2D eigenvalue weighted by Gasteiger charge is 2.23. The fourth-order valence-electron chi connectivity index (χ4n) is 2.38. The van der Waals surface area contributed by atoms with Crippen LogP contribution in [0.2, 0.25) is 0 Å². The molecule has 1 aliphatic carbocycles. The highest BCUT2D eigenvalue weighted by Crippen LogP contribution is 2.26. The number of carbonyl (C=O) groups excluding carboxylic acids is 1. The van der Waals surface area contributed by atoms with Gasteiger partial charge in [-0.25, -0.2) is 12.7 Å². The lowest BCUT2D eigenvalue weighted by Crippen LogP contribution is -2.23. The number of carbonyl (C=O) groups is 1. The van der Waals surface area contributed by atoms with E-state index in [1.165, 1.54) is 26.2 Å². The predicted octanol–water partition coefficient (Wildman–Crippen LogP) is 2.07. The number of amides is 1. The van der Waals surface area contributed by atoms with E-state index in [1.807, 2.05) is 0 Å². The Morgan fingerprint density at radius 1 is 1.25 bits per heavy atom. The van der Waals surface area contributed by atoms with Gasteiger partial charge in [0.25, 0.3) is 0 Å². The SMILES string of the molecule is CN(C)S(=O)(=O)c1cccc(NC(=O)C2CCCC2)c1. The van der Waals surface area contributed by atoms with Crippen LogP contribution >= 0.6 is 0 Å². The first-order valence-corrected chi connectivity index (χ1v) is 8.19. The molecule has 0 heterocycles. The minimum atomic E-state index is -3.47. The monoisotopic (exact) mass is 296 g/mol. The number of anilines is 1. The molecule has 0 aliphatic heterocycles. The molecular formula is C14H20N2O3S. The van der Waals surface area contributed by atoms with Crippen LogP contribution in [0.15, 0.2) is 29.2 Å². The Morgan fingerprint density at radius 2 is 1.90 bits per heavy atom. The van der Waals surface area contributed by atoms with Crippen LogP contribution in [0.25, 0.3) is 0 Å². The Labute approximate surface area is 120 Å². The Bertz CT molecular complexity index is 590. The quantitative estimate of drug-likeness (QED) is 0.925. The molecule has 110 valence electrons. The summed E-state index contributed by atoms with van der Waals surface area (Å²) in [7, 11) is -0.502. The van der Waals surface area contributed by atoms with Crippen LogP contribution in [-0.2, 0) is 14.8 Å². The molecule has 0 unspecified atom stereocenters. The van der Waals surface area contributed by atoms with Gasteiger partial charge in [0.1, 0.15) is 0 Å². The van der Waals surface area contributed by atoms with E-state index in [2.05, 4.69) is 5.32 Å². The second-order valence-corrected chi connectivity index (χ2v) is 7.44. The fourth-order valence-corrected chi connectivity index (χ4v) is 3.33. The largest absolute Gasteiger partial charge is 0.326 e. The van der Waals surface area contributed by atoms with E-state index in [9.17, 15) is 13.2 Å². The van der Waals surface area contributed by atoms with Crippen molar-refractivity contribution in [2.24, 2.45) is 5.92 Å². The highest BCUT2D eigenvalue weighted by molar-refractivity contribution is 7.89. The minimum absolute atomic E-state index is 0.0121. The molecule has 1 aromatic carbocycles. The van der Waals surface area contributed by atoms with E-state index >= 15 is 0 Å². The summed E-state index contributed by atoms with van der Waals surface area (Å²) in [6.45, 7) is 0.